The van der Waals surface area contributed by atoms with Crippen LogP contribution in [-0.2, 0) is 0 Å². The first-order valence-corrected chi connectivity index (χ1v) is 8.41. The molecule has 2 aromatic carbocycles. The highest BCUT2D eigenvalue weighted by atomic mass is 32.2. The molecule has 0 aliphatic rings. The molecule has 4 nitrogen and oxygen atoms in total. The van der Waals surface area contributed by atoms with Crippen molar-refractivity contribution in [2.24, 2.45) is 0 Å². The summed E-state index contributed by atoms with van der Waals surface area (Å²) < 4.78 is 30.4. The van der Waals surface area contributed by atoms with Crippen molar-refractivity contribution in [1.29, 1.82) is 0 Å². The van der Waals surface area contributed by atoms with Crippen molar-refractivity contribution in [3.63, 3.8) is 0 Å². The van der Waals surface area contributed by atoms with E-state index < -0.39 is 0 Å². The van der Waals surface area contributed by atoms with Gasteiger partial charge in [-0.1, -0.05) is 0 Å². The summed E-state index contributed by atoms with van der Waals surface area (Å²) in [4.78, 5) is 4.90. The van der Waals surface area contributed by atoms with Crippen LogP contribution in [0.2, 0.25) is 0 Å². The third-order valence-electron chi connectivity index (χ3n) is 3.56. The first-order chi connectivity index (χ1) is 11.7. The lowest BCUT2D eigenvalue weighted by Gasteiger charge is -2.12. The maximum atomic E-state index is 13.9. The van der Waals surface area contributed by atoms with Crippen molar-refractivity contribution in [1.82, 2.24) is 4.98 Å². The first kappa shape index (κ1) is 16.4. The van der Waals surface area contributed by atoms with E-state index in [9.17, 15) is 4.39 Å². The molecule has 0 aliphatic heterocycles. The Hall–Kier alpha value is -2.47. The van der Waals surface area contributed by atoms with Gasteiger partial charge in [0.15, 0.2) is 11.5 Å². The molecule has 0 bridgehead atoms. The second-order valence-corrected chi connectivity index (χ2v) is 5.78. The summed E-state index contributed by atoms with van der Waals surface area (Å²) in [5.74, 6) is 1.85. The number of hydrogen-bond acceptors (Lipinski definition) is 5. The van der Waals surface area contributed by atoms with E-state index in [0.717, 1.165) is 5.39 Å². The van der Waals surface area contributed by atoms with Gasteiger partial charge < -0.3 is 14.2 Å². The second-order valence-electron chi connectivity index (χ2n) is 4.93. The summed E-state index contributed by atoms with van der Waals surface area (Å²) in [6, 6.07) is 10.1. The number of halogens is 1. The fourth-order valence-corrected chi connectivity index (χ4v) is 2.83. The molecule has 1 aromatic heterocycles. The van der Waals surface area contributed by atoms with Gasteiger partial charge in [-0.3, -0.25) is 4.98 Å². The van der Waals surface area contributed by atoms with E-state index in [4.69, 9.17) is 14.2 Å². The number of fused-ring (bicyclic) bond motifs is 1. The average molecular weight is 345 g/mol. The maximum Gasteiger partial charge on any atom is 0.162 e. The SMILES string of the molecule is COc1cc2nccc(Oc3ccc(SC)c(F)c3)c2cc1OC. The Kier molecular flexibility index (Phi) is 4.76. The van der Waals surface area contributed by atoms with Gasteiger partial charge in [-0.25, -0.2) is 4.39 Å². The van der Waals surface area contributed by atoms with Crippen LogP contribution in [0.15, 0.2) is 47.5 Å². The molecule has 0 saturated heterocycles. The minimum Gasteiger partial charge on any atom is -0.493 e. The molecule has 0 radical (unpaired) electrons. The Morgan fingerprint density at radius 2 is 1.71 bits per heavy atom. The summed E-state index contributed by atoms with van der Waals surface area (Å²) in [6.07, 6.45) is 3.46. The largest absolute Gasteiger partial charge is 0.493 e. The standard InChI is InChI=1S/C18H16FNO3S/c1-21-16-9-12-14(10-17(16)22-2)20-7-6-15(12)23-11-4-5-18(24-3)13(19)8-11/h4-10H,1-3H3. The molecule has 0 amide bonds. The lowest BCUT2D eigenvalue weighted by molar-refractivity contribution is 0.355. The van der Waals surface area contributed by atoms with Crippen molar-refractivity contribution < 1.29 is 18.6 Å². The fraction of sp³-hybridized carbons (Fsp3) is 0.167. The summed E-state index contributed by atoms with van der Waals surface area (Å²) in [5.41, 5.74) is 0.700. The number of nitrogens with zero attached hydrogens (tertiary/aromatic N) is 1. The highest BCUT2D eigenvalue weighted by Crippen LogP contribution is 2.37. The summed E-state index contributed by atoms with van der Waals surface area (Å²) in [5, 5.41) is 0.754. The van der Waals surface area contributed by atoms with E-state index in [0.29, 0.717) is 33.4 Å². The molecular formula is C18H16FNO3S. The molecule has 0 N–H and O–H groups in total. The van der Waals surface area contributed by atoms with Crippen molar-refractivity contribution in [3.8, 4) is 23.0 Å². The van der Waals surface area contributed by atoms with E-state index in [-0.39, 0.29) is 5.82 Å². The Labute approximate surface area is 143 Å². The lowest BCUT2D eigenvalue weighted by Crippen LogP contribution is -1.93. The minimum atomic E-state index is -0.308. The Morgan fingerprint density at radius 3 is 2.38 bits per heavy atom. The molecule has 1 heterocycles. The number of pyridine rings is 1. The molecule has 0 spiro atoms. The Bertz CT molecular complexity index is 886. The molecule has 0 fully saturated rings. The van der Waals surface area contributed by atoms with E-state index in [2.05, 4.69) is 4.98 Å². The lowest BCUT2D eigenvalue weighted by atomic mass is 10.2. The smallest absolute Gasteiger partial charge is 0.162 e. The third-order valence-corrected chi connectivity index (χ3v) is 4.33. The number of hydrogen-bond donors (Lipinski definition) is 0. The molecule has 0 atom stereocenters. The zero-order valence-corrected chi connectivity index (χ0v) is 14.3. The summed E-state index contributed by atoms with van der Waals surface area (Å²) in [6.45, 7) is 0. The highest BCUT2D eigenvalue weighted by molar-refractivity contribution is 7.98. The van der Waals surface area contributed by atoms with Crippen LogP contribution in [-0.4, -0.2) is 25.5 Å². The number of benzene rings is 2. The zero-order chi connectivity index (χ0) is 17.1. The van der Waals surface area contributed by atoms with E-state index in [1.54, 1.807) is 50.7 Å². The topological polar surface area (TPSA) is 40.6 Å². The van der Waals surface area contributed by atoms with Crippen LogP contribution in [0.3, 0.4) is 0 Å². The molecule has 0 aliphatic carbocycles. The maximum absolute atomic E-state index is 13.9. The molecule has 3 aromatic rings. The van der Waals surface area contributed by atoms with Gasteiger partial charge in [0.25, 0.3) is 0 Å². The average Bonchev–Trinajstić information content (AvgIpc) is 2.61. The van der Waals surface area contributed by atoms with Gasteiger partial charge in [0.05, 0.1) is 19.7 Å². The van der Waals surface area contributed by atoms with Crippen LogP contribution in [0.4, 0.5) is 4.39 Å². The van der Waals surface area contributed by atoms with Crippen LogP contribution < -0.4 is 14.2 Å². The van der Waals surface area contributed by atoms with Gasteiger partial charge >= 0.3 is 0 Å². The summed E-state index contributed by atoms with van der Waals surface area (Å²) in [7, 11) is 3.14. The molecule has 0 saturated carbocycles. The Morgan fingerprint density at radius 1 is 0.958 bits per heavy atom. The van der Waals surface area contributed by atoms with Crippen LogP contribution >= 0.6 is 11.8 Å². The summed E-state index contributed by atoms with van der Waals surface area (Å²) >= 11 is 1.35. The monoisotopic (exact) mass is 345 g/mol. The third kappa shape index (κ3) is 3.10. The fourth-order valence-electron chi connectivity index (χ4n) is 2.37. The van der Waals surface area contributed by atoms with Gasteiger partial charge in [0.1, 0.15) is 17.3 Å². The van der Waals surface area contributed by atoms with Gasteiger partial charge in [-0.05, 0) is 30.5 Å². The van der Waals surface area contributed by atoms with Gasteiger partial charge in [-0.15, -0.1) is 11.8 Å². The number of rotatable bonds is 5. The predicted molar refractivity (Wildman–Crippen MR) is 93.1 cm³/mol. The molecule has 3 rings (SSSR count). The quantitative estimate of drug-likeness (QED) is 0.615. The van der Waals surface area contributed by atoms with Crippen LogP contribution in [0, 0.1) is 5.82 Å². The second kappa shape index (κ2) is 6.97. The van der Waals surface area contributed by atoms with Gasteiger partial charge in [0, 0.05) is 28.6 Å². The van der Waals surface area contributed by atoms with Gasteiger partial charge in [-0.2, -0.15) is 0 Å². The minimum absolute atomic E-state index is 0.308. The molecule has 6 heteroatoms. The van der Waals surface area contributed by atoms with Crippen LogP contribution in [0.5, 0.6) is 23.0 Å². The van der Waals surface area contributed by atoms with Crippen molar-refractivity contribution in [2.45, 2.75) is 4.90 Å². The Balaban J connectivity index is 2.04. The number of ether oxygens (including phenoxy) is 3. The van der Waals surface area contributed by atoms with E-state index >= 15 is 0 Å². The molecule has 0 unspecified atom stereocenters. The van der Waals surface area contributed by atoms with E-state index in [1.165, 1.54) is 17.8 Å². The first-order valence-electron chi connectivity index (χ1n) is 7.18. The van der Waals surface area contributed by atoms with Gasteiger partial charge in [0.2, 0.25) is 0 Å². The number of methoxy groups -OCH3 is 2. The van der Waals surface area contributed by atoms with Crippen LogP contribution in [0.1, 0.15) is 0 Å². The zero-order valence-electron chi connectivity index (χ0n) is 13.5. The number of aromatic nitrogens is 1. The predicted octanol–water partition coefficient (Wildman–Crippen LogP) is 4.91. The normalized spacial score (nSPS) is 10.7. The van der Waals surface area contributed by atoms with Crippen molar-refractivity contribution in [2.75, 3.05) is 20.5 Å². The molecule has 124 valence electrons. The van der Waals surface area contributed by atoms with Crippen LogP contribution in [0.25, 0.3) is 10.9 Å². The van der Waals surface area contributed by atoms with Crippen molar-refractivity contribution in [3.05, 3.63) is 48.4 Å². The molecular weight excluding hydrogens is 329 g/mol. The number of thioether (sulfide) groups is 1. The van der Waals surface area contributed by atoms with E-state index in [1.807, 2.05) is 6.26 Å². The molecule has 24 heavy (non-hydrogen) atoms. The van der Waals surface area contributed by atoms with Crippen molar-refractivity contribution >= 4 is 22.7 Å². The highest BCUT2D eigenvalue weighted by Gasteiger charge is 2.12.